The maximum atomic E-state index is 12.5. The molecule has 2 heterocycles. The molecule has 6 heteroatoms. The molecular formula is C24H35N3O3. The standard InChI is InChI=1S/C24H35N3O3/c1-5-12-30-24(29)17(4)23(28)26-19-6-7-22-20(13-19)21(14-25-22)18-8-10-27(11-9-18)15-16(2)3/h6-7,13-14,16-18,25H,5,8-12,15H2,1-4H3,(H,26,28). The number of fused-ring (bicyclic) bond motifs is 1. The second-order valence-electron chi connectivity index (χ2n) is 8.85. The lowest BCUT2D eigenvalue weighted by Gasteiger charge is -2.33. The lowest BCUT2D eigenvalue weighted by Crippen LogP contribution is -2.35. The number of amides is 1. The van der Waals surface area contributed by atoms with Gasteiger partial charge < -0.3 is 19.9 Å². The number of anilines is 1. The molecule has 1 amide bonds. The molecule has 1 saturated heterocycles. The number of carbonyl (C=O) groups is 2. The van der Waals surface area contributed by atoms with Crippen LogP contribution in [0.4, 0.5) is 5.69 Å². The fourth-order valence-corrected chi connectivity index (χ4v) is 4.19. The zero-order valence-corrected chi connectivity index (χ0v) is 18.7. The zero-order valence-electron chi connectivity index (χ0n) is 18.7. The first-order valence-electron chi connectivity index (χ1n) is 11.2. The number of benzene rings is 1. The molecular weight excluding hydrogens is 378 g/mol. The highest BCUT2D eigenvalue weighted by Crippen LogP contribution is 2.34. The molecule has 6 nitrogen and oxygen atoms in total. The summed E-state index contributed by atoms with van der Waals surface area (Å²) in [5, 5.41) is 4.03. The third kappa shape index (κ3) is 5.42. The van der Waals surface area contributed by atoms with Gasteiger partial charge in [-0.1, -0.05) is 20.8 Å². The molecule has 1 aliphatic heterocycles. The minimum atomic E-state index is -0.830. The van der Waals surface area contributed by atoms with E-state index < -0.39 is 11.9 Å². The van der Waals surface area contributed by atoms with E-state index in [9.17, 15) is 9.59 Å². The van der Waals surface area contributed by atoms with Crippen LogP contribution in [0.15, 0.2) is 24.4 Å². The van der Waals surface area contributed by atoms with Crippen molar-refractivity contribution < 1.29 is 14.3 Å². The van der Waals surface area contributed by atoms with Crippen molar-refractivity contribution in [3.8, 4) is 0 Å². The van der Waals surface area contributed by atoms with Crippen LogP contribution < -0.4 is 5.32 Å². The van der Waals surface area contributed by atoms with E-state index in [0.717, 1.165) is 49.8 Å². The molecule has 2 N–H and O–H groups in total. The Morgan fingerprint density at radius 2 is 1.97 bits per heavy atom. The van der Waals surface area contributed by atoms with E-state index in [1.165, 1.54) is 5.56 Å². The van der Waals surface area contributed by atoms with Crippen molar-refractivity contribution in [1.29, 1.82) is 0 Å². The van der Waals surface area contributed by atoms with Gasteiger partial charge in [-0.15, -0.1) is 0 Å². The molecule has 0 aliphatic carbocycles. The maximum Gasteiger partial charge on any atom is 0.318 e. The summed E-state index contributed by atoms with van der Waals surface area (Å²) in [6, 6.07) is 5.88. The first-order chi connectivity index (χ1) is 14.4. The topological polar surface area (TPSA) is 74.4 Å². The molecule has 1 fully saturated rings. The Labute approximate surface area is 179 Å². The number of rotatable bonds is 8. The van der Waals surface area contributed by atoms with Gasteiger partial charge in [-0.25, -0.2) is 0 Å². The van der Waals surface area contributed by atoms with Crippen LogP contribution in [-0.4, -0.2) is 48.0 Å². The van der Waals surface area contributed by atoms with Gasteiger partial charge in [-0.05, 0) is 74.9 Å². The second-order valence-corrected chi connectivity index (χ2v) is 8.85. The van der Waals surface area contributed by atoms with Crippen molar-refractivity contribution in [1.82, 2.24) is 9.88 Å². The molecule has 1 unspecified atom stereocenters. The predicted octanol–water partition coefficient (Wildman–Crippen LogP) is 4.53. The number of hydrogen-bond donors (Lipinski definition) is 2. The molecule has 164 valence electrons. The molecule has 0 spiro atoms. The van der Waals surface area contributed by atoms with E-state index in [1.54, 1.807) is 6.92 Å². The van der Waals surface area contributed by atoms with Crippen molar-refractivity contribution in [2.75, 3.05) is 31.6 Å². The SMILES string of the molecule is CCCOC(=O)C(C)C(=O)Nc1ccc2[nH]cc(C3CCN(CC(C)C)CC3)c2c1. The average Bonchev–Trinajstić information content (AvgIpc) is 3.14. The Morgan fingerprint density at radius 1 is 1.23 bits per heavy atom. The van der Waals surface area contributed by atoms with E-state index in [0.29, 0.717) is 24.1 Å². The van der Waals surface area contributed by atoms with Crippen LogP contribution in [0.3, 0.4) is 0 Å². The number of ether oxygens (including phenoxy) is 1. The van der Waals surface area contributed by atoms with Crippen LogP contribution in [0.2, 0.25) is 0 Å². The molecule has 0 saturated carbocycles. The number of aromatic nitrogens is 1. The lowest BCUT2D eigenvalue weighted by atomic mass is 9.89. The third-order valence-electron chi connectivity index (χ3n) is 5.83. The van der Waals surface area contributed by atoms with Gasteiger partial charge in [0.25, 0.3) is 0 Å². The molecule has 0 bridgehead atoms. The molecule has 1 atom stereocenters. The molecule has 1 aliphatic rings. The summed E-state index contributed by atoms with van der Waals surface area (Å²) in [5.41, 5.74) is 3.10. The summed E-state index contributed by atoms with van der Waals surface area (Å²) in [5.74, 6) is -0.429. The van der Waals surface area contributed by atoms with E-state index in [4.69, 9.17) is 4.74 Å². The minimum Gasteiger partial charge on any atom is -0.465 e. The first-order valence-corrected chi connectivity index (χ1v) is 11.2. The Morgan fingerprint density at radius 3 is 2.63 bits per heavy atom. The lowest BCUT2D eigenvalue weighted by molar-refractivity contribution is -0.150. The monoisotopic (exact) mass is 413 g/mol. The van der Waals surface area contributed by atoms with E-state index >= 15 is 0 Å². The normalized spacial score (nSPS) is 16.7. The van der Waals surface area contributed by atoms with Crippen LogP contribution in [0, 0.1) is 11.8 Å². The number of nitrogens with one attached hydrogen (secondary N) is 2. The van der Waals surface area contributed by atoms with Crippen LogP contribution in [0.1, 0.15) is 58.4 Å². The van der Waals surface area contributed by atoms with Gasteiger partial charge >= 0.3 is 5.97 Å². The largest absolute Gasteiger partial charge is 0.465 e. The van der Waals surface area contributed by atoms with Crippen LogP contribution in [0.5, 0.6) is 0 Å². The van der Waals surface area contributed by atoms with Crippen LogP contribution in [0.25, 0.3) is 10.9 Å². The number of hydrogen-bond acceptors (Lipinski definition) is 4. The molecule has 1 aromatic carbocycles. The fourth-order valence-electron chi connectivity index (χ4n) is 4.19. The summed E-state index contributed by atoms with van der Waals surface area (Å²) in [4.78, 5) is 30.4. The van der Waals surface area contributed by atoms with Crippen molar-refractivity contribution in [3.05, 3.63) is 30.0 Å². The molecule has 1 aromatic heterocycles. The average molecular weight is 414 g/mol. The fraction of sp³-hybridized carbons (Fsp3) is 0.583. The van der Waals surface area contributed by atoms with Crippen molar-refractivity contribution in [3.63, 3.8) is 0 Å². The van der Waals surface area contributed by atoms with Gasteiger partial charge in [-0.2, -0.15) is 0 Å². The Hall–Kier alpha value is -2.34. The van der Waals surface area contributed by atoms with Crippen molar-refractivity contribution in [2.45, 2.75) is 52.9 Å². The number of carbonyl (C=O) groups excluding carboxylic acids is 2. The van der Waals surface area contributed by atoms with Crippen LogP contribution in [-0.2, 0) is 14.3 Å². The van der Waals surface area contributed by atoms with Gasteiger partial charge in [0.1, 0.15) is 5.92 Å². The van der Waals surface area contributed by atoms with Gasteiger partial charge in [0.15, 0.2) is 0 Å². The van der Waals surface area contributed by atoms with E-state index in [1.807, 2.05) is 25.1 Å². The molecule has 0 radical (unpaired) electrons. The molecule has 2 aromatic rings. The quantitative estimate of drug-likeness (QED) is 0.492. The summed E-state index contributed by atoms with van der Waals surface area (Å²) < 4.78 is 5.09. The smallest absolute Gasteiger partial charge is 0.318 e. The first kappa shape index (κ1) is 22.3. The van der Waals surface area contributed by atoms with Crippen LogP contribution >= 0.6 is 0 Å². The van der Waals surface area contributed by atoms with E-state index in [-0.39, 0.29) is 5.91 Å². The van der Waals surface area contributed by atoms with E-state index in [2.05, 4.69) is 35.2 Å². The maximum absolute atomic E-state index is 12.5. The number of piperidine rings is 1. The summed E-state index contributed by atoms with van der Waals surface area (Å²) in [6.45, 7) is 11.8. The number of aromatic amines is 1. The second kappa shape index (κ2) is 10.1. The van der Waals surface area contributed by atoms with Gasteiger partial charge in [0, 0.05) is 29.3 Å². The number of esters is 1. The number of nitrogens with zero attached hydrogens (tertiary/aromatic N) is 1. The number of likely N-dealkylation sites (tertiary alicyclic amines) is 1. The molecule has 30 heavy (non-hydrogen) atoms. The summed E-state index contributed by atoms with van der Waals surface area (Å²) >= 11 is 0. The highest BCUT2D eigenvalue weighted by Gasteiger charge is 2.25. The van der Waals surface area contributed by atoms with Gasteiger partial charge in [0.2, 0.25) is 5.91 Å². The summed E-state index contributed by atoms with van der Waals surface area (Å²) in [7, 11) is 0. The van der Waals surface area contributed by atoms with Crippen molar-refractivity contribution >= 4 is 28.5 Å². The minimum absolute atomic E-state index is 0.338. The Bertz CT molecular complexity index is 866. The predicted molar refractivity (Wildman–Crippen MR) is 121 cm³/mol. The van der Waals surface area contributed by atoms with Gasteiger partial charge in [-0.3, -0.25) is 9.59 Å². The third-order valence-corrected chi connectivity index (χ3v) is 5.83. The summed E-state index contributed by atoms with van der Waals surface area (Å²) in [6.07, 6.45) is 5.15. The highest BCUT2D eigenvalue weighted by atomic mass is 16.5. The zero-order chi connectivity index (χ0) is 21.7. The Balaban J connectivity index is 1.68. The number of H-pyrrole nitrogens is 1. The highest BCUT2D eigenvalue weighted by molar-refractivity contribution is 6.05. The van der Waals surface area contributed by atoms with Gasteiger partial charge in [0.05, 0.1) is 6.61 Å². The molecule has 3 rings (SSSR count). The van der Waals surface area contributed by atoms with Crippen molar-refractivity contribution in [2.24, 2.45) is 11.8 Å². The Kier molecular flexibility index (Phi) is 7.53.